The third-order valence-electron chi connectivity index (χ3n) is 5.04. The predicted octanol–water partition coefficient (Wildman–Crippen LogP) is 6.09. The van der Waals surface area contributed by atoms with Crippen molar-refractivity contribution in [1.82, 2.24) is 5.32 Å². The molecule has 0 saturated carbocycles. The van der Waals surface area contributed by atoms with Crippen LogP contribution in [0, 0.1) is 0 Å². The van der Waals surface area contributed by atoms with Crippen molar-refractivity contribution in [2.75, 3.05) is 16.8 Å². The van der Waals surface area contributed by atoms with E-state index in [0.717, 1.165) is 4.90 Å². The van der Waals surface area contributed by atoms with Gasteiger partial charge in [0.15, 0.2) is 6.61 Å². The summed E-state index contributed by atoms with van der Waals surface area (Å²) < 4.78 is 6.03. The topological polar surface area (TPSA) is 105 Å². The average molecular weight is 624 g/mol. The normalized spacial score (nSPS) is 14.5. The SMILES string of the molecule is O=C(COc1ccc(/C=C2/C(=O)NC(=O)N(c3ccc(Cl)c(Cl)c3)C2=O)cc1Br)Nc1ccccc1Cl. The van der Waals surface area contributed by atoms with Gasteiger partial charge in [-0.05, 0) is 70.0 Å². The van der Waals surface area contributed by atoms with Crippen molar-refractivity contribution in [2.45, 2.75) is 0 Å². The Bertz CT molecular complexity index is 1480. The van der Waals surface area contributed by atoms with E-state index in [9.17, 15) is 19.2 Å². The van der Waals surface area contributed by atoms with Gasteiger partial charge in [-0.3, -0.25) is 19.7 Å². The summed E-state index contributed by atoms with van der Waals surface area (Å²) >= 11 is 21.3. The number of urea groups is 1. The molecule has 1 aliphatic heterocycles. The molecular formula is C25H15BrCl3N3O5. The van der Waals surface area contributed by atoms with E-state index >= 15 is 0 Å². The largest absolute Gasteiger partial charge is 0.483 e. The molecule has 5 amide bonds. The molecule has 1 heterocycles. The zero-order valence-corrected chi connectivity index (χ0v) is 22.4. The number of halogens is 4. The number of rotatable bonds is 6. The molecule has 0 bridgehead atoms. The Morgan fingerprint density at radius 2 is 1.73 bits per heavy atom. The van der Waals surface area contributed by atoms with Crippen LogP contribution in [-0.4, -0.2) is 30.4 Å². The monoisotopic (exact) mass is 621 g/mol. The van der Waals surface area contributed by atoms with Gasteiger partial charge in [-0.2, -0.15) is 0 Å². The van der Waals surface area contributed by atoms with Gasteiger partial charge < -0.3 is 10.1 Å². The number of barbiturate groups is 1. The van der Waals surface area contributed by atoms with E-state index in [1.165, 1.54) is 24.3 Å². The summed E-state index contributed by atoms with van der Waals surface area (Å²) in [6, 6.07) is 14.8. The van der Waals surface area contributed by atoms with Crippen LogP contribution in [0.4, 0.5) is 16.2 Å². The van der Waals surface area contributed by atoms with Crippen LogP contribution >= 0.6 is 50.7 Å². The Morgan fingerprint density at radius 3 is 2.43 bits per heavy atom. The van der Waals surface area contributed by atoms with Crippen molar-refractivity contribution in [1.29, 1.82) is 0 Å². The number of nitrogens with one attached hydrogen (secondary N) is 2. The maximum absolute atomic E-state index is 13.1. The third-order valence-corrected chi connectivity index (χ3v) is 6.73. The summed E-state index contributed by atoms with van der Waals surface area (Å²) in [6.45, 7) is -0.286. The van der Waals surface area contributed by atoms with Gasteiger partial charge in [0, 0.05) is 0 Å². The number of amides is 5. The number of hydrogen-bond donors (Lipinski definition) is 2. The molecule has 12 heteroatoms. The fraction of sp³-hybridized carbons (Fsp3) is 0.0400. The molecule has 1 aliphatic rings. The maximum atomic E-state index is 13.1. The number of imide groups is 2. The molecule has 37 heavy (non-hydrogen) atoms. The van der Waals surface area contributed by atoms with E-state index < -0.39 is 23.8 Å². The lowest BCUT2D eigenvalue weighted by Gasteiger charge is -2.26. The molecule has 0 radical (unpaired) electrons. The van der Waals surface area contributed by atoms with E-state index in [1.54, 1.807) is 42.5 Å². The average Bonchev–Trinajstić information content (AvgIpc) is 2.84. The number of nitrogens with zero attached hydrogens (tertiary/aromatic N) is 1. The van der Waals surface area contributed by atoms with Crippen LogP contribution in [0.5, 0.6) is 5.75 Å². The number of para-hydroxylation sites is 1. The van der Waals surface area contributed by atoms with Crippen molar-refractivity contribution >= 4 is 91.9 Å². The van der Waals surface area contributed by atoms with Gasteiger partial charge in [-0.15, -0.1) is 0 Å². The van der Waals surface area contributed by atoms with E-state index in [1.807, 2.05) is 0 Å². The van der Waals surface area contributed by atoms with Crippen LogP contribution in [0.3, 0.4) is 0 Å². The molecule has 0 atom stereocenters. The predicted molar refractivity (Wildman–Crippen MR) is 145 cm³/mol. The lowest BCUT2D eigenvalue weighted by Crippen LogP contribution is -2.54. The van der Waals surface area contributed by atoms with Crippen LogP contribution in [-0.2, 0) is 14.4 Å². The molecule has 188 valence electrons. The van der Waals surface area contributed by atoms with Crippen molar-refractivity contribution in [3.05, 3.63) is 91.3 Å². The van der Waals surface area contributed by atoms with Gasteiger partial charge in [0.25, 0.3) is 17.7 Å². The molecule has 3 aromatic rings. The molecule has 0 aliphatic carbocycles. The molecule has 1 saturated heterocycles. The van der Waals surface area contributed by atoms with E-state index in [-0.39, 0.29) is 27.9 Å². The Labute approximate surface area is 234 Å². The smallest absolute Gasteiger partial charge is 0.335 e. The molecule has 8 nitrogen and oxygen atoms in total. The molecule has 2 N–H and O–H groups in total. The fourth-order valence-electron chi connectivity index (χ4n) is 3.30. The van der Waals surface area contributed by atoms with E-state index in [4.69, 9.17) is 39.5 Å². The standard InChI is InChI=1S/C25H15BrCl3N3O5/c26-16-10-13(5-8-21(16)37-12-22(33)30-20-4-2-1-3-18(20)28)9-15-23(34)31-25(36)32(24(15)35)14-6-7-17(27)19(29)11-14/h1-11H,12H2,(H,30,33)(H,31,34,36)/b15-9-. The number of carbonyl (C=O) groups is 4. The molecule has 4 rings (SSSR count). The highest BCUT2D eigenvalue weighted by Gasteiger charge is 2.37. The first-order valence-corrected chi connectivity index (χ1v) is 12.4. The second-order valence-corrected chi connectivity index (χ2v) is 9.64. The minimum atomic E-state index is -0.912. The molecule has 0 unspecified atom stereocenters. The minimum Gasteiger partial charge on any atom is -0.483 e. The first-order valence-electron chi connectivity index (χ1n) is 10.5. The zero-order valence-electron chi connectivity index (χ0n) is 18.6. The maximum Gasteiger partial charge on any atom is 0.335 e. The lowest BCUT2D eigenvalue weighted by atomic mass is 10.1. The van der Waals surface area contributed by atoms with Gasteiger partial charge >= 0.3 is 6.03 Å². The summed E-state index contributed by atoms with van der Waals surface area (Å²) in [6.07, 6.45) is 1.33. The fourth-order valence-corrected chi connectivity index (χ4v) is 4.29. The van der Waals surface area contributed by atoms with E-state index in [2.05, 4.69) is 26.6 Å². The Morgan fingerprint density at radius 1 is 0.973 bits per heavy atom. The molecule has 1 fully saturated rings. The van der Waals surface area contributed by atoms with Gasteiger partial charge in [-0.25, -0.2) is 9.69 Å². The summed E-state index contributed by atoms with van der Waals surface area (Å²) in [5.41, 5.74) is 0.796. The quantitative estimate of drug-likeness (QED) is 0.255. The number of ether oxygens (including phenoxy) is 1. The van der Waals surface area contributed by atoms with Crippen molar-refractivity contribution in [3.63, 3.8) is 0 Å². The summed E-state index contributed by atoms with van der Waals surface area (Å²) in [4.78, 5) is 50.9. The summed E-state index contributed by atoms with van der Waals surface area (Å²) in [7, 11) is 0. The van der Waals surface area contributed by atoms with Gasteiger partial charge in [0.2, 0.25) is 0 Å². The number of benzene rings is 3. The van der Waals surface area contributed by atoms with Crippen LogP contribution in [0.2, 0.25) is 15.1 Å². The van der Waals surface area contributed by atoms with Crippen LogP contribution in [0.1, 0.15) is 5.56 Å². The highest BCUT2D eigenvalue weighted by Crippen LogP contribution is 2.31. The Hall–Kier alpha value is -3.37. The number of anilines is 2. The number of carbonyl (C=O) groups excluding carboxylic acids is 4. The molecule has 0 aromatic heterocycles. The Kier molecular flexibility index (Phi) is 8.19. The second kappa shape index (κ2) is 11.4. The van der Waals surface area contributed by atoms with Gasteiger partial charge in [0.05, 0.1) is 30.9 Å². The number of hydrogen-bond acceptors (Lipinski definition) is 5. The van der Waals surface area contributed by atoms with Crippen molar-refractivity contribution in [2.24, 2.45) is 0 Å². The summed E-state index contributed by atoms with van der Waals surface area (Å²) in [5, 5.41) is 5.58. The second-order valence-electron chi connectivity index (χ2n) is 7.56. The van der Waals surface area contributed by atoms with Crippen LogP contribution < -0.4 is 20.3 Å². The highest BCUT2D eigenvalue weighted by atomic mass is 79.9. The molecule has 0 spiro atoms. The Balaban J connectivity index is 1.49. The first kappa shape index (κ1) is 26.7. The summed E-state index contributed by atoms with van der Waals surface area (Å²) in [5.74, 6) is -1.75. The van der Waals surface area contributed by atoms with E-state index in [0.29, 0.717) is 26.5 Å². The van der Waals surface area contributed by atoms with Gasteiger partial charge in [0.1, 0.15) is 11.3 Å². The van der Waals surface area contributed by atoms with Gasteiger partial charge in [-0.1, -0.05) is 53.0 Å². The first-order chi connectivity index (χ1) is 17.6. The molecular weight excluding hydrogens is 609 g/mol. The minimum absolute atomic E-state index is 0.141. The molecule has 3 aromatic carbocycles. The van der Waals surface area contributed by atoms with Crippen LogP contribution in [0.15, 0.2) is 70.7 Å². The van der Waals surface area contributed by atoms with Crippen LogP contribution in [0.25, 0.3) is 6.08 Å². The highest BCUT2D eigenvalue weighted by molar-refractivity contribution is 9.10. The van der Waals surface area contributed by atoms with Crippen molar-refractivity contribution in [3.8, 4) is 5.75 Å². The van der Waals surface area contributed by atoms with Crippen molar-refractivity contribution < 1.29 is 23.9 Å². The third kappa shape index (κ3) is 6.14. The lowest BCUT2D eigenvalue weighted by molar-refractivity contribution is -0.122. The zero-order chi connectivity index (χ0) is 26.7.